The number of carbonyl (C=O) groups excluding carboxylic acids is 2. The van der Waals surface area contributed by atoms with Crippen LogP contribution in [-0.2, 0) is 25.5 Å². The topological polar surface area (TPSA) is 82.1 Å². The van der Waals surface area contributed by atoms with Gasteiger partial charge in [-0.15, -0.1) is 0 Å². The van der Waals surface area contributed by atoms with Gasteiger partial charge in [-0.3, -0.25) is 4.79 Å². The normalized spacial score (nSPS) is 11.0. The van der Waals surface area contributed by atoms with Crippen LogP contribution in [0.1, 0.15) is 23.1 Å². The number of phenolic OH excluding ortho intramolecular Hbond substituents is 1. The van der Waals surface area contributed by atoms with Gasteiger partial charge in [-0.2, -0.15) is 0 Å². The van der Waals surface area contributed by atoms with Crippen molar-refractivity contribution in [2.75, 3.05) is 21.3 Å². The molecule has 0 heterocycles. The smallest absolute Gasteiger partial charge is 0.338 e. The fourth-order valence-corrected chi connectivity index (χ4v) is 2.53. The van der Waals surface area contributed by atoms with E-state index in [-0.39, 0.29) is 23.7 Å². The Balaban J connectivity index is 2.41. The standard InChI is InChI=1S/C21H22O6/c1-25-16-8-4-14(5-9-16)13-18(21(24)27-3)17-12-15(6-10-19(17)22)7-11-20(23)26-2/h4-6,8-10,12-13,22H,7,11H2,1-3H3/b18-13+. The van der Waals surface area contributed by atoms with Crippen LogP contribution in [0.15, 0.2) is 42.5 Å². The fourth-order valence-electron chi connectivity index (χ4n) is 2.53. The van der Waals surface area contributed by atoms with Gasteiger partial charge >= 0.3 is 11.9 Å². The van der Waals surface area contributed by atoms with Crippen LogP contribution >= 0.6 is 0 Å². The van der Waals surface area contributed by atoms with E-state index in [9.17, 15) is 14.7 Å². The van der Waals surface area contributed by atoms with Crippen molar-refractivity contribution in [1.82, 2.24) is 0 Å². The maximum Gasteiger partial charge on any atom is 0.338 e. The van der Waals surface area contributed by atoms with Crippen LogP contribution in [0.3, 0.4) is 0 Å². The van der Waals surface area contributed by atoms with Crippen LogP contribution in [0.4, 0.5) is 0 Å². The summed E-state index contributed by atoms with van der Waals surface area (Å²) < 4.78 is 14.6. The first-order chi connectivity index (χ1) is 13.0. The van der Waals surface area contributed by atoms with E-state index in [1.807, 2.05) is 0 Å². The Morgan fingerprint density at radius 1 is 1.00 bits per heavy atom. The summed E-state index contributed by atoms with van der Waals surface area (Å²) in [7, 11) is 4.18. The van der Waals surface area contributed by atoms with Gasteiger partial charge in [0.25, 0.3) is 0 Å². The van der Waals surface area contributed by atoms with Crippen molar-refractivity contribution in [3.05, 3.63) is 59.2 Å². The highest BCUT2D eigenvalue weighted by Crippen LogP contribution is 2.30. The van der Waals surface area contributed by atoms with E-state index >= 15 is 0 Å². The lowest BCUT2D eigenvalue weighted by molar-refractivity contribution is -0.140. The lowest BCUT2D eigenvalue weighted by Crippen LogP contribution is -2.06. The number of benzene rings is 2. The molecule has 0 saturated heterocycles. The first-order valence-electron chi connectivity index (χ1n) is 8.31. The molecule has 0 fully saturated rings. The lowest BCUT2D eigenvalue weighted by Gasteiger charge is -2.11. The van der Waals surface area contributed by atoms with Crippen LogP contribution < -0.4 is 4.74 Å². The molecule has 2 aromatic rings. The molecule has 0 spiro atoms. The van der Waals surface area contributed by atoms with E-state index in [0.717, 1.165) is 11.1 Å². The third kappa shape index (κ3) is 5.34. The molecule has 1 N–H and O–H groups in total. The summed E-state index contributed by atoms with van der Waals surface area (Å²) in [6.45, 7) is 0. The molecule has 6 nitrogen and oxygen atoms in total. The molecular weight excluding hydrogens is 348 g/mol. The van der Waals surface area contributed by atoms with E-state index in [2.05, 4.69) is 4.74 Å². The zero-order valence-corrected chi connectivity index (χ0v) is 15.5. The minimum atomic E-state index is -0.578. The molecule has 0 atom stereocenters. The quantitative estimate of drug-likeness (QED) is 0.458. The number of ether oxygens (including phenoxy) is 3. The van der Waals surface area contributed by atoms with Crippen molar-refractivity contribution in [1.29, 1.82) is 0 Å². The molecule has 0 bridgehead atoms. The van der Waals surface area contributed by atoms with Gasteiger partial charge in [-0.05, 0) is 47.9 Å². The third-order valence-electron chi connectivity index (χ3n) is 4.03. The second-order valence-electron chi connectivity index (χ2n) is 5.75. The Hall–Kier alpha value is -3.28. The van der Waals surface area contributed by atoms with Crippen LogP contribution in [0.5, 0.6) is 11.5 Å². The number of rotatable bonds is 7. The highest BCUT2D eigenvalue weighted by Gasteiger charge is 2.17. The second kappa shape index (κ2) is 9.43. The van der Waals surface area contributed by atoms with Gasteiger partial charge in [0.2, 0.25) is 0 Å². The number of carbonyl (C=O) groups is 2. The van der Waals surface area contributed by atoms with Gasteiger partial charge in [0.05, 0.1) is 26.9 Å². The molecule has 0 radical (unpaired) electrons. The Morgan fingerprint density at radius 3 is 2.30 bits per heavy atom. The van der Waals surface area contributed by atoms with Crippen molar-refractivity contribution in [2.45, 2.75) is 12.8 Å². The molecule has 27 heavy (non-hydrogen) atoms. The van der Waals surface area contributed by atoms with Crippen LogP contribution in [0, 0.1) is 0 Å². The number of hydrogen-bond acceptors (Lipinski definition) is 6. The largest absolute Gasteiger partial charge is 0.507 e. The molecule has 0 aliphatic heterocycles. The van der Waals surface area contributed by atoms with Crippen molar-refractivity contribution in [3.63, 3.8) is 0 Å². The first-order valence-corrected chi connectivity index (χ1v) is 8.31. The van der Waals surface area contributed by atoms with Crippen molar-refractivity contribution in [3.8, 4) is 11.5 Å². The molecule has 0 aliphatic rings. The Bertz CT molecular complexity index is 836. The molecule has 2 rings (SSSR count). The van der Waals surface area contributed by atoms with Crippen LogP contribution in [-0.4, -0.2) is 38.4 Å². The summed E-state index contributed by atoms with van der Waals surface area (Å²) in [5.74, 6) is -0.265. The third-order valence-corrected chi connectivity index (χ3v) is 4.03. The minimum absolute atomic E-state index is 0.0537. The van der Waals surface area contributed by atoms with E-state index in [4.69, 9.17) is 9.47 Å². The zero-order chi connectivity index (χ0) is 19.8. The Kier molecular flexibility index (Phi) is 7.00. The number of hydrogen-bond donors (Lipinski definition) is 1. The number of aromatic hydroxyl groups is 1. The van der Waals surface area contributed by atoms with Gasteiger partial charge < -0.3 is 19.3 Å². The highest BCUT2D eigenvalue weighted by atomic mass is 16.5. The summed E-state index contributed by atoms with van der Waals surface area (Å²) in [6, 6.07) is 12.0. The van der Waals surface area contributed by atoms with E-state index in [1.165, 1.54) is 20.3 Å². The zero-order valence-electron chi connectivity index (χ0n) is 15.5. The number of esters is 2. The maximum absolute atomic E-state index is 12.3. The molecule has 6 heteroatoms. The average Bonchev–Trinajstić information content (AvgIpc) is 2.71. The number of aryl methyl sites for hydroxylation is 1. The minimum Gasteiger partial charge on any atom is -0.507 e. The van der Waals surface area contributed by atoms with Crippen molar-refractivity contribution < 1.29 is 28.9 Å². The van der Waals surface area contributed by atoms with Gasteiger partial charge in [-0.1, -0.05) is 18.2 Å². The number of phenols is 1. The lowest BCUT2D eigenvalue weighted by atomic mass is 9.98. The molecule has 0 amide bonds. The predicted octanol–water partition coefficient (Wildman–Crippen LogP) is 3.22. The molecule has 0 saturated carbocycles. The average molecular weight is 370 g/mol. The van der Waals surface area contributed by atoms with Crippen molar-refractivity contribution >= 4 is 23.6 Å². The van der Waals surface area contributed by atoms with Crippen molar-refractivity contribution in [2.24, 2.45) is 0 Å². The van der Waals surface area contributed by atoms with E-state index in [1.54, 1.807) is 49.6 Å². The van der Waals surface area contributed by atoms with Crippen LogP contribution in [0.25, 0.3) is 11.6 Å². The summed E-state index contributed by atoms with van der Waals surface area (Å²) in [5, 5.41) is 10.3. The SMILES string of the molecule is COC(=O)CCc1ccc(O)c(/C(=C\c2ccc(OC)cc2)C(=O)OC)c1. The molecule has 2 aromatic carbocycles. The summed E-state index contributed by atoms with van der Waals surface area (Å²) >= 11 is 0. The second-order valence-corrected chi connectivity index (χ2v) is 5.75. The molecular formula is C21H22O6. The van der Waals surface area contributed by atoms with E-state index in [0.29, 0.717) is 17.7 Å². The molecule has 0 unspecified atom stereocenters. The Morgan fingerprint density at radius 2 is 1.70 bits per heavy atom. The highest BCUT2D eigenvalue weighted by molar-refractivity contribution is 6.22. The molecule has 142 valence electrons. The van der Waals surface area contributed by atoms with E-state index < -0.39 is 5.97 Å². The summed E-state index contributed by atoms with van der Waals surface area (Å²) in [4.78, 5) is 23.7. The monoisotopic (exact) mass is 370 g/mol. The molecule has 0 aliphatic carbocycles. The molecule has 0 aromatic heterocycles. The van der Waals surface area contributed by atoms with Gasteiger partial charge in [0.15, 0.2) is 0 Å². The maximum atomic E-state index is 12.3. The van der Waals surface area contributed by atoms with Gasteiger partial charge in [0, 0.05) is 12.0 Å². The van der Waals surface area contributed by atoms with Gasteiger partial charge in [0.1, 0.15) is 11.5 Å². The predicted molar refractivity (Wildman–Crippen MR) is 101 cm³/mol. The van der Waals surface area contributed by atoms with Gasteiger partial charge in [-0.25, -0.2) is 4.79 Å². The van der Waals surface area contributed by atoms with Crippen LogP contribution in [0.2, 0.25) is 0 Å². The summed E-state index contributed by atoms with van der Waals surface area (Å²) in [5.41, 5.74) is 2.08. The Labute approximate surface area is 158 Å². The fraction of sp³-hybridized carbons (Fsp3) is 0.238. The summed E-state index contributed by atoms with van der Waals surface area (Å²) in [6.07, 6.45) is 2.26. The number of methoxy groups -OCH3 is 3. The first kappa shape index (κ1) is 20.0.